The summed E-state index contributed by atoms with van der Waals surface area (Å²) in [5, 5.41) is 0. The smallest absolute Gasteiger partial charge is 0.0696 e. The molecule has 0 radical (unpaired) electrons. The molecule has 0 saturated heterocycles. The zero-order valence-corrected chi connectivity index (χ0v) is 9.00. The van der Waals surface area contributed by atoms with E-state index in [9.17, 15) is 0 Å². The Morgan fingerprint density at radius 1 is 1.43 bits per heavy atom. The van der Waals surface area contributed by atoms with Crippen molar-refractivity contribution in [1.82, 2.24) is 5.43 Å². The normalized spacial score (nSPS) is 12.9. The summed E-state index contributed by atoms with van der Waals surface area (Å²) < 4.78 is 5.09. The Balaban J connectivity index is 2.92. The quantitative estimate of drug-likeness (QED) is 0.563. The Morgan fingerprint density at radius 2 is 2.14 bits per heavy atom. The maximum Gasteiger partial charge on any atom is 0.0696 e. The van der Waals surface area contributed by atoms with Crippen molar-refractivity contribution in [3.05, 3.63) is 34.9 Å². The fraction of sp³-hybridized carbons (Fsp3) is 0.455. The van der Waals surface area contributed by atoms with Crippen molar-refractivity contribution in [3.8, 4) is 0 Å². The highest BCUT2D eigenvalue weighted by Crippen LogP contribution is 2.18. The van der Waals surface area contributed by atoms with E-state index in [1.54, 1.807) is 7.11 Å². The number of nitrogens with two attached hydrogens (primary N) is 1. The average molecular weight is 194 g/mol. The lowest BCUT2D eigenvalue weighted by Gasteiger charge is -2.17. The molecule has 1 rings (SSSR count). The predicted octanol–water partition coefficient (Wildman–Crippen LogP) is 1.45. The van der Waals surface area contributed by atoms with Crippen molar-refractivity contribution in [3.63, 3.8) is 0 Å². The summed E-state index contributed by atoms with van der Waals surface area (Å²) in [5.74, 6) is 5.47. The van der Waals surface area contributed by atoms with Gasteiger partial charge in [-0.15, -0.1) is 0 Å². The van der Waals surface area contributed by atoms with Crippen LogP contribution in [0.5, 0.6) is 0 Å². The van der Waals surface area contributed by atoms with E-state index in [0.717, 1.165) is 0 Å². The lowest BCUT2D eigenvalue weighted by atomic mass is 10.0. The van der Waals surface area contributed by atoms with Gasteiger partial charge in [-0.2, -0.15) is 0 Å². The molecular formula is C11H18N2O. The van der Waals surface area contributed by atoms with Crippen LogP contribution in [0.1, 0.15) is 22.7 Å². The molecule has 0 spiro atoms. The van der Waals surface area contributed by atoms with Gasteiger partial charge >= 0.3 is 0 Å². The van der Waals surface area contributed by atoms with Crippen LogP contribution >= 0.6 is 0 Å². The number of nitrogens with one attached hydrogen (secondary N) is 1. The minimum absolute atomic E-state index is 0.0700. The van der Waals surface area contributed by atoms with E-state index < -0.39 is 0 Å². The van der Waals surface area contributed by atoms with E-state index in [4.69, 9.17) is 10.6 Å². The largest absolute Gasteiger partial charge is 0.383 e. The maximum atomic E-state index is 5.47. The second kappa shape index (κ2) is 5.10. The number of methoxy groups -OCH3 is 1. The number of rotatable bonds is 4. The molecule has 3 heteroatoms. The fourth-order valence-corrected chi connectivity index (χ4v) is 1.61. The first-order valence-corrected chi connectivity index (χ1v) is 4.71. The molecule has 0 fully saturated rings. The molecule has 0 heterocycles. The molecule has 1 unspecified atom stereocenters. The van der Waals surface area contributed by atoms with Gasteiger partial charge in [0.25, 0.3) is 0 Å². The molecule has 0 amide bonds. The summed E-state index contributed by atoms with van der Waals surface area (Å²) >= 11 is 0. The number of hydrogen-bond acceptors (Lipinski definition) is 3. The van der Waals surface area contributed by atoms with Crippen LogP contribution in [0.4, 0.5) is 0 Å². The molecule has 3 N–H and O–H groups in total. The summed E-state index contributed by atoms with van der Waals surface area (Å²) in [7, 11) is 1.67. The van der Waals surface area contributed by atoms with Crippen LogP contribution in [0.2, 0.25) is 0 Å². The van der Waals surface area contributed by atoms with Gasteiger partial charge in [0.2, 0.25) is 0 Å². The van der Waals surface area contributed by atoms with Gasteiger partial charge in [0.1, 0.15) is 0 Å². The van der Waals surface area contributed by atoms with Gasteiger partial charge in [-0.05, 0) is 25.0 Å². The Kier molecular flexibility index (Phi) is 4.07. The van der Waals surface area contributed by atoms with Gasteiger partial charge in [0.15, 0.2) is 0 Å². The number of hydrogen-bond donors (Lipinski definition) is 2. The van der Waals surface area contributed by atoms with Crippen LogP contribution < -0.4 is 11.3 Å². The summed E-state index contributed by atoms with van der Waals surface area (Å²) in [6, 6.07) is 6.40. The van der Waals surface area contributed by atoms with Crippen molar-refractivity contribution in [2.75, 3.05) is 13.7 Å². The molecule has 0 aromatic heterocycles. The minimum atomic E-state index is 0.0700. The molecule has 3 nitrogen and oxygen atoms in total. The first-order chi connectivity index (χ1) is 6.69. The lowest BCUT2D eigenvalue weighted by Crippen LogP contribution is -2.31. The van der Waals surface area contributed by atoms with Crippen LogP contribution in [-0.2, 0) is 4.74 Å². The average Bonchev–Trinajstić information content (AvgIpc) is 2.15. The second-order valence-corrected chi connectivity index (χ2v) is 3.53. The Morgan fingerprint density at radius 3 is 2.64 bits per heavy atom. The Labute approximate surface area is 85.2 Å². The Bertz CT molecular complexity index is 299. The van der Waals surface area contributed by atoms with Gasteiger partial charge in [-0.3, -0.25) is 11.3 Å². The van der Waals surface area contributed by atoms with Gasteiger partial charge in [0, 0.05) is 7.11 Å². The van der Waals surface area contributed by atoms with E-state index >= 15 is 0 Å². The van der Waals surface area contributed by atoms with Gasteiger partial charge < -0.3 is 4.74 Å². The van der Waals surface area contributed by atoms with Crippen LogP contribution in [0.15, 0.2) is 18.2 Å². The van der Waals surface area contributed by atoms with Crippen molar-refractivity contribution in [2.24, 2.45) is 5.84 Å². The van der Waals surface area contributed by atoms with E-state index in [0.29, 0.717) is 6.61 Å². The standard InChI is InChI=1S/C11H18N2O/c1-8-4-5-10(9(2)6-8)11(13-12)7-14-3/h4-6,11,13H,7,12H2,1-3H3. The van der Waals surface area contributed by atoms with E-state index in [2.05, 4.69) is 37.5 Å². The third-order valence-corrected chi connectivity index (χ3v) is 2.34. The van der Waals surface area contributed by atoms with Crippen LogP contribution in [0.3, 0.4) is 0 Å². The van der Waals surface area contributed by atoms with Gasteiger partial charge in [-0.1, -0.05) is 23.8 Å². The highest BCUT2D eigenvalue weighted by atomic mass is 16.5. The van der Waals surface area contributed by atoms with Crippen molar-refractivity contribution in [1.29, 1.82) is 0 Å². The summed E-state index contributed by atoms with van der Waals surface area (Å²) in [4.78, 5) is 0. The number of hydrazine groups is 1. The summed E-state index contributed by atoms with van der Waals surface area (Å²) in [6.45, 7) is 4.75. The van der Waals surface area contributed by atoms with E-state index in [1.165, 1.54) is 16.7 Å². The third kappa shape index (κ3) is 2.54. The molecular weight excluding hydrogens is 176 g/mol. The molecule has 78 valence electrons. The van der Waals surface area contributed by atoms with E-state index in [-0.39, 0.29) is 6.04 Å². The molecule has 1 aromatic rings. The molecule has 0 aliphatic heterocycles. The molecule has 1 atom stereocenters. The fourth-order valence-electron chi connectivity index (χ4n) is 1.61. The van der Waals surface area contributed by atoms with Crippen LogP contribution in [-0.4, -0.2) is 13.7 Å². The maximum absolute atomic E-state index is 5.47. The molecule has 0 saturated carbocycles. The monoisotopic (exact) mass is 194 g/mol. The van der Waals surface area contributed by atoms with Crippen molar-refractivity contribution < 1.29 is 4.74 Å². The molecule has 1 aromatic carbocycles. The van der Waals surface area contributed by atoms with Crippen molar-refractivity contribution in [2.45, 2.75) is 19.9 Å². The molecule has 14 heavy (non-hydrogen) atoms. The topological polar surface area (TPSA) is 47.3 Å². The highest BCUT2D eigenvalue weighted by Gasteiger charge is 2.11. The molecule has 0 aliphatic rings. The first-order valence-electron chi connectivity index (χ1n) is 4.71. The SMILES string of the molecule is COCC(NN)c1ccc(C)cc1C. The number of ether oxygens (including phenoxy) is 1. The van der Waals surface area contributed by atoms with Crippen molar-refractivity contribution >= 4 is 0 Å². The van der Waals surface area contributed by atoms with Crippen LogP contribution in [0.25, 0.3) is 0 Å². The first kappa shape index (κ1) is 11.2. The van der Waals surface area contributed by atoms with Gasteiger partial charge in [0.05, 0.1) is 12.6 Å². The van der Waals surface area contributed by atoms with E-state index in [1.807, 2.05) is 0 Å². The zero-order valence-electron chi connectivity index (χ0n) is 9.00. The van der Waals surface area contributed by atoms with Crippen LogP contribution in [0, 0.1) is 13.8 Å². The predicted molar refractivity (Wildman–Crippen MR) is 57.9 cm³/mol. The molecule has 0 bridgehead atoms. The number of benzene rings is 1. The zero-order chi connectivity index (χ0) is 10.6. The van der Waals surface area contributed by atoms with Gasteiger partial charge in [-0.25, -0.2) is 0 Å². The molecule has 0 aliphatic carbocycles. The summed E-state index contributed by atoms with van der Waals surface area (Å²) in [5.41, 5.74) is 6.45. The lowest BCUT2D eigenvalue weighted by molar-refractivity contribution is 0.167. The highest BCUT2D eigenvalue weighted by molar-refractivity contribution is 5.32. The minimum Gasteiger partial charge on any atom is -0.383 e. The second-order valence-electron chi connectivity index (χ2n) is 3.53. The third-order valence-electron chi connectivity index (χ3n) is 2.34. The number of aryl methyl sites for hydroxylation is 2. The summed E-state index contributed by atoms with van der Waals surface area (Å²) in [6.07, 6.45) is 0. The Hall–Kier alpha value is -0.900.